The minimum absolute atomic E-state index is 0.102. The molecule has 1 amide bonds. The second-order valence-corrected chi connectivity index (χ2v) is 10.4. The van der Waals surface area contributed by atoms with Crippen LogP contribution in [0.1, 0.15) is 44.0 Å². The Labute approximate surface area is 212 Å². The number of pyridine rings is 1. The van der Waals surface area contributed by atoms with Gasteiger partial charge < -0.3 is 19.4 Å². The molecule has 0 saturated carbocycles. The van der Waals surface area contributed by atoms with E-state index in [9.17, 15) is 14.7 Å². The molecule has 7 nitrogen and oxygen atoms in total. The zero-order chi connectivity index (χ0) is 25.3. The number of benzene rings is 1. The normalized spacial score (nSPS) is 12.4. The molecule has 1 aromatic carbocycles. The monoisotopic (exact) mass is 513 g/mol. The summed E-state index contributed by atoms with van der Waals surface area (Å²) in [5, 5.41) is 14.5. The van der Waals surface area contributed by atoms with Crippen molar-refractivity contribution in [3.05, 3.63) is 90.9 Å². The van der Waals surface area contributed by atoms with Crippen molar-refractivity contribution in [3.8, 4) is 0 Å². The number of furan rings is 1. The number of fused-ring (bicyclic) bond motifs is 1. The van der Waals surface area contributed by atoms with Gasteiger partial charge in [0.2, 0.25) is 5.43 Å². The quantitative estimate of drug-likeness (QED) is 0.360. The highest BCUT2D eigenvalue weighted by molar-refractivity contribution is 7.18. The first-order chi connectivity index (χ1) is 16.6. The number of hydrogen-bond donors (Lipinski definition) is 2. The average molecular weight is 514 g/mol. The van der Waals surface area contributed by atoms with E-state index in [1.165, 1.54) is 11.3 Å². The van der Waals surface area contributed by atoms with Gasteiger partial charge in [-0.1, -0.05) is 23.7 Å². The molecule has 1 unspecified atom stereocenters. The first-order valence-corrected chi connectivity index (χ1v) is 12.4. The molecule has 1 atom stereocenters. The molecule has 4 rings (SSSR count). The van der Waals surface area contributed by atoms with Crippen LogP contribution >= 0.6 is 22.9 Å². The Hall–Kier alpha value is -2.91. The van der Waals surface area contributed by atoms with Gasteiger partial charge in [0.25, 0.3) is 5.91 Å². The van der Waals surface area contributed by atoms with Gasteiger partial charge in [-0.05, 0) is 56.3 Å². The zero-order valence-corrected chi connectivity index (χ0v) is 21.7. The molecular weight excluding hydrogens is 486 g/mol. The summed E-state index contributed by atoms with van der Waals surface area (Å²) in [5.41, 5.74) is 1.71. The number of thiophene rings is 1. The van der Waals surface area contributed by atoms with Crippen LogP contribution in [0.4, 0.5) is 0 Å². The largest absolute Gasteiger partial charge is 0.463 e. The van der Waals surface area contributed by atoms with E-state index in [2.05, 4.69) is 5.32 Å². The lowest BCUT2D eigenvalue weighted by Crippen LogP contribution is -2.29. The van der Waals surface area contributed by atoms with Gasteiger partial charge in [-0.3, -0.25) is 14.5 Å². The van der Waals surface area contributed by atoms with E-state index in [0.717, 1.165) is 26.6 Å². The van der Waals surface area contributed by atoms with Crippen LogP contribution in [-0.4, -0.2) is 34.1 Å². The van der Waals surface area contributed by atoms with Crippen LogP contribution in [0.5, 0.6) is 0 Å². The van der Waals surface area contributed by atoms with Crippen molar-refractivity contribution in [2.24, 2.45) is 7.05 Å². The molecule has 4 aromatic rings. The van der Waals surface area contributed by atoms with Gasteiger partial charge in [-0.2, -0.15) is 0 Å². The molecule has 0 radical (unpaired) electrons. The van der Waals surface area contributed by atoms with Crippen LogP contribution in [0.3, 0.4) is 0 Å². The maximum atomic E-state index is 13.1. The number of halogens is 1. The zero-order valence-electron chi connectivity index (χ0n) is 20.1. The van der Waals surface area contributed by atoms with E-state index >= 15 is 0 Å². The summed E-state index contributed by atoms with van der Waals surface area (Å²) >= 11 is 7.41. The molecular formula is C26H28ClN3O4S. The molecule has 3 heterocycles. The maximum Gasteiger partial charge on any atom is 0.257 e. The number of aliphatic hydroxyl groups is 1. The van der Waals surface area contributed by atoms with Crippen molar-refractivity contribution in [3.63, 3.8) is 0 Å². The first-order valence-electron chi connectivity index (χ1n) is 11.2. The summed E-state index contributed by atoms with van der Waals surface area (Å²) in [5.74, 6) is 0.930. The fourth-order valence-electron chi connectivity index (χ4n) is 3.91. The lowest BCUT2D eigenvalue weighted by molar-refractivity contribution is 0.0949. The summed E-state index contributed by atoms with van der Waals surface area (Å²) < 4.78 is 7.44. The van der Waals surface area contributed by atoms with Crippen molar-refractivity contribution in [2.45, 2.75) is 33.0 Å². The topological polar surface area (TPSA) is 87.7 Å². The van der Waals surface area contributed by atoms with E-state index < -0.39 is 12.0 Å². The summed E-state index contributed by atoms with van der Waals surface area (Å²) in [6, 6.07) is 10.9. The molecule has 184 valence electrons. The molecule has 35 heavy (non-hydrogen) atoms. The summed E-state index contributed by atoms with van der Waals surface area (Å²) in [7, 11) is 3.73. The second-order valence-electron chi connectivity index (χ2n) is 8.82. The minimum atomic E-state index is -0.746. The molecule has 2 N–H and O–H groups in total. The highest BCUT2D eigenvalue weighted by Crippen LogP contribution is 2.26. The van der Waals surface area contributed by atoms with Gasteiger partial charge >= 0.3 is 0 Å². The average Bonchev–Trinajstić information content (AvgIpc) is 3.39. The Morgan fingerprint density at radius 3 is 2.63 bits per heavy atom. The number of aliphatic hydroxyl groups excluding tert-OH is 1. The highest BCUT2D eigenvalue weighted by Gasteiger charge is 2.19. The molecule has 0 aliphatic heterocycles. The third-order valence-corrected chi connectivity index (χ3v) is 7.39. The Morgan fingerprint density at radius 1 is 1.26 bits per heavy atom. The number of likely N-dealkylation sites (N-methyl/N-ethyl adjacent to an activating group) is 1. The van der Waals surface area contributed by atoms with Gasteiger partial charge in [0.05, 0.1) is 5.39 Å². The molecule has 0 aliphatic carbocycles. The molecule has 3 aromatic heterocycles. The number of aryl methyl sites for hydroxylation is 3. The van der Waals surface area contributed by atoms with E-state index in [0.29, 0.717) is 35.8 Å². The van der Waals surface area contributed by atoms with E-state index in [1.807, 2.05) is 61.7 Å². The summed E-state index contributed by atoms with van der Waals surface area (Å²) in [6.07, 6.45) is 0.834. The molecule has 0 aliphatic rings. The number of rotatable bonds is 8. The Kier molecular flexibility index (Phi) is 7.47. The van der Waals surface area contributed by atoms with Crippen LogP contribution in [0.2, 0.25) is 5.02 Å². The summed E-state index contributed by atoms with van der Waals surface area (Å²) in [4.78, 5) is 29.6. The number of hydrogen-bond acceptors (Lipinski definition) is 6. The van der Waals surface area contributed by atoms with Crippen molar-refractivity contribution >= 4 is 39.1 Å². The number of nitrogens with one attached hydrogen (secondary N) is 1. The van der Waals surface area contributed by atoms with Crippen LogP contribution in [0.15, 0.2) is 51.8 Å². The third kappa shape index (κ3) is 5.67. The Bertz CT molecular complexity index is 1400. The van der Waals surface area contributed by atoms with Crippen molar-refractivity contribution in [1.29, 1.82) is 0 Å². The number of carbonyl (C=O) groups excluding carboxylic acids is 1. The predicted molar refractivity (Wildman–Crippen MR) is 139 cm³/mol. The number of amides is 1. The number of nitrogens with zero attached hydrogens (tertiary/aromatic N) is 2. The molecule has 0 bridgehead atoms. The fourth-order valence-corrected chi connectivity index (χ4v) is 5.21. The van der Waals surface area contributed by atoms with Gasteiger partial charge in [-0.25, -0.2) is 0 Å². The van der Waals surface area contributed by atoms with E-state index in [4.69, 9.17) is 16.0 Å². The van der Waals surface area contributed by atoms with Gasteiger partial charge in [-0.15, -0.1) is 11.3 Å². The molecule has 0 saturated heterocycles. The lowest BCUT2D eigenvalue weighted by atomic mass is 10.2. The third-order valence-electron chi connectivity index (χ3n) is 5.93. The maximum absolute atomic E-state index is 13.1. The first kappa shape index (κ1) is 25.2. The van der Waals surface area contributed by atoms with Gasteiger partial charge in [0.15, 0.2) is 0 Å². The van der Waals surface area contributed by atoms with Crippen LogP contribution in [-0.2, 0) is 20.1 Å². The Morgan fingerprint density at radius 2 is 1.97 bits per heavy atom. The Balaban J connectivity index is 1.47. The van der Waals surface area contributed by atoms with Gasteiger partial charge in [0.1, 0.15) is 28.0 Å². The van der Waals surface area contributed by atoms with E-state index in [-0.39, 0.29) is 11.0 Å². The lowest BCUT2D eigenvalue weighted by Gasteiger charge is -2.18. The summed E-state index contributed by atoms with van der Waals surface area (Å²) in [6.45, 7) is 5.05. The number of carbonyl (C=O) groups is 1. The van der Waals surface area contributed by atoms with Crippen LogP contribution in [0.25, 0.3) is 10.2 Å². The van der Waals surface area contributed by atoms with Gasteiger partial charge in [0, 0.05) is 42.8 Å². The van der Waals surface area contributed by atoms with Crippen LogP contribution in [0, 0.1) is 13.8 Å². The second kappa shape index (κ2) is 10.4. The van der Waals surface area contributed by atoms with Crippen molar-refractivity contribution < 1.29 is 14.3 Å². The highest BCUT2D eigenvalue weighted by atomic mass is 35.5. The van der Waals surface area contributed by atoms with E-state index in [1.54, 1.807) is 18.3 Å². The smallest absolute Gasteiger partial charge is 0.257 e. The molecule has 0 spiro atoms. The van der Waals surface area contributed by atoms with Crippen LogP contribution < -0.4 is 10.7 Å². The van der Waals surface area contributed by atoms with Crippen molar-refractivity contribution in [2.75, 3.05) is 13.6 Å². The number of aromatic nitrogens is 1. The SMILES string of the molecule is Cc1cc(C(O)CN(C)Cc2cc3c(=O)c(C(=O)NCc4ccc(Cl)cc4)cn(C)c3s2)oc1C. The standard InChI is InChI=1S/C26H28ClN3O4S/c1-15-9-23(34-16(15)2)22(31)14-29(3)12-19-10-20-24(32)21(13-30(4)26(20)35-19)25(33)28-11-17-5-7-18(27)8-6-17/h5-10,13,22,31H,11-12,14H2,1-4H3,(H,28,33). The fraction of sp³-hybridized carbons (Fsp3) is 0.308. The minimum Gasteiger partial charge on any atom is -0.463 e. The molecule has 9 heteroatoms. The van der Waals surface area contributed by atoms with Crippen molar-refractivity contribution in [1.82, 2.24) is 14.8 Å². The molecule has 0 fully saturated rings. The predicted octanol–water partition coefficient (Wildman–Crippen LogP) is 4.56.